The maximum absolute atomic E-state index is 12.4. The summed E-state index contributed by atoms with van der Waals surface area (Å²) in [7, 11) is -3.64. The second-order valence-corrected chi connectivity index (χ2v) is 8.71. The van der Waals surface area contributed by atoms with E-state index >= 15 is 0 Å². The number of aryl methyl sites for hydroxylation is 2. The van der Waals surface area contributed by atoms with Crippen molar-refractivity contribution in [2.75, 3.05) is 12.9 Å². The fourth-order valence-corrected chi connectivity index (χ4v) is 3.54. The van der Waals surface area contributed by atoms with Gasteiger partial charge in [-0.15, -0.1) is 0 Å². The number of halogens is 1. The highest BCUT2D eigenvalue weighted by Crippen LogP contribution is 2.22. The zero-order valence-corrected chi connectivity index (χ0v) is 17.2. The van der Waals surface area contributed by atoms with Crippen LogP contribution >= 0.6 is 11.6 Å². The van der Waals surface area contributed by atoms with E-state index in [0.717, 1.165) is 28.5 Å². The lowest BCUT2D eigenvalue weighted by molar-refractivity contribution is 0.0972. The molecule has 0 saturated carbocycles. The summed E-state index contributed by atoms with van der Waals surface area (Å²) in [6.07, 6.45) is 1.60. The van der Waals surface area contributed by atoms with E-state index in [2.05, 4.69) is 0 Å². The first kappa shape index (κ1) is 20.2. The van der Waals surface area contributed by atoms with Crippen LogP contribution in [0.5, 0.6) is 5.75 Å². The van der Waals surface area contributed by atoms with E-state index in [0.29, 0.717) is 30.3 Å². The van der Waals surface area contributed by atoms with Crippen molar-refractivity contribution < 1.29 is 17.9 Å². The molecule has 1 N–H and O–H groups in total. The summed E-state index contributed by atoms with van der Waals surface area (Å²) in [5.41, 5.74) is 2.10. The molecule has 1 aromatic heterocycles. The van der Waals surface area contributed by atoms with E-state index < -0.39 is 15.9 Å². The first-order valence-electron chi connectivity index (χ1n) is 8.74. The van der Waals surface area contributed by atoms with E-state index in [1.165, 1.54) is 0 Å². The van der Waals surface area contributed by atoms with Gasteiger partial charge in [0.2, 0.25) is 10.0 Å². The Bertz CT molecular complexity index is 1120. The number of carbonyl (C=O) groups is 1. The van der Waals surface area contributed by atoms with Gasteiger partial charge in [0.1, 0.15) is 11.4 Å². The predicted molar refractivity (Wildman–Crippen MR) is 111 cm³/mol. The Kier molecular flexibility index (Phi) is 5.96. The van der Waals surface area contributed by atoms with Gasteiger partial charge >= 0.3 is 0 Å². The van der Waals surface area contributed by atoms with E-state index in [4.69, 9.17) is 16.3 Å². The average molecular weight is 421 g/mol. The summed E-state index contributed by atoms with van der Waals surface area (Å²) in [5, 5.41) is 1.56. The van der Waals surface area contributed by atoms with Gasteiger partial charge in [-0.2, -0.15) is 0 Å². The Labute approximate surface area is 169 Å². The standard InChI is InChI=1S/C20H21ClN2O4S/c1-14-12-16(8-9-17(14)21)27-11-5-10-23-18-7-4-3-6-15(18)13-19(23)20(24)22-28(2,25)26/h3-4,6-9,12-13H,5,10-11H2,1-2H3,(H,22,24). The Morgan fingerprint density at radius 3 is 2.64 bits per heavy atom. The molecular weight excluding hydrogens is 400 g/mol. The van der Waals surface area contributed by atoms with Crippen molar-refractivity contribution in [2.45, 2.75) is 19.9 Å². The first-order valence-corrected chi connectivity index (χ1v) is 11.0. The van der Waals surface area contributed by atoms with E-state index in [1.54, 1.807) is 12.1 Å². The summed E-state index contributed by atoms with van der Waals surface area (Å²) in [6.45, 7) is 2.86. The molecule has 28 heavy (non-hydrogen) atoms. The van der Waals surface area contributed by atoms with Gasteiger partial charge in [-0.05, 0) is 49.2 Å². The molecule has 1 amide bonds. The van der Waals surface area contributed by atoms with Crippen LogP contribution in [-0.2, 0) is 16.6 Å². The number of rotatable bonds is 7. The molecule has 0 atom stereocenters. The topological polar surface area (TPSA) is 77.4 Å². The number of fused-ring (bicyclic) bond motifs is 1. The first-order chi connectivity index (χ1) is 13.2. The Balaban J connectivity index is 1.74. The second-order valence-electron chi connectivity index (χ2n) is 6.56. The van der Waals surface area contributed by atoms with Gasteiger partial charge in [-0.25, -0.2) is 13.1 Å². The monoisotopic (exact) mass is 420 g/mol. The molecule has 0 aliphatic heterocycles. The van der Waals surface area contributed by atoms with E-state index in [1.807, 2.05) is 52.6 Å². The highest BCUT2D eigenvalue weighted by atomic mass is 35.5. The van der Waals surface area contributed by atoms with Crippen molar-refractivity contribution in [3.05, 3.63) is 64.8 Å². The lowest BCUT2D eigenvalue weighted by Gasteiger charge is -2.12. The Morgan fingerprint density at radius 2 is 1.93 bits per heavy atom. The third-order valence-corrected chi connectivity index (χ3v) is 5.23. The average Bonchev–Trinajstić information content (AvgIpc) is 2.99. The molecule has 6 nitrogen and oxygen atoms in total. The maximum Gasteiger partial charge on any atom is 0.281 e. The van der Waals surface area contributed by atoms with Crippen LogP contribution in [0.2, 0.25) is 5.02 Å². The molecule has 0 fully saturated rings. The number of hydrogen-bond donors (Lipinski definition) is 1. The third kappa shape index (κ3) is 4.85. The van der Waals surface area contributed by atoms with Crippen LogP contribution < -0.4 is 9.46 Å². The van der Waals surface area contributed by atoms with Crippen molar-refractivity contribution in [1.29, 1.82) is 0 Å². The number of amides is 1. The van der Waals surface area contributed by atoms with Crippen LogP contribution in [0.15, 0.2) is 48.5 Å². The van der Waals surface area contributed by atoms with Crippen LogP contribution in [0.4, 0.5) is 0 Å². The highest BCUT2D eigenvalue weighted by molar-refractivity contribution is 7.89. The van der Waals surface area contributed by atoms with Gasteiger partial charge in [0.25, 0.3) is 5.91 Å². The molecule has 0 aliphatic rings. The number of carbonyl (C=O) groups excluding carboxylic acids is 1. The van der Waals surface area contributed by atoms with Crippen LogP contribution in [-0.4, -0.2) is 31.8 Å². The summed E-state index contributed by atoms with van der Waals surface area (Å²) < 4.78 is 32.5. The number of aromatic nitrogens is 1. The number of sulfonamides is 1. The van der Waals surface area contributed by atoms with Crippen LogP contribution in [0.25, 0.3) is 10.9 Å². The quantitative estimate of drug-likeness (QED) is 0.590. The van der Waals surface area contributed by atoms with Crippen molar-refractivity contribution in [3.8, 4) is 5.75 Å². The summed E-state index contributed by atoms with van der Waals surface area (Å²) in [5.74, 6) is 0.0854. The van der Waals surface area contributed by atoms with Crippen LogP contribution in [0.1, 0.15) is 22.5 Å². The predicted octanol–water partition coefficient (Wildman–Crippen LogP) is 3.76. The SMILES string of the molecule is Cc1cc(OCCCn2c(C(=O)NS(C)(=O)=O)cc3ccccc32)ccc1Cl. The fourth-order valence-electron chi connectivity index (χ4n) is 2.98. The molecule has 0 spiro atoms. The Morgan fingerprint density at radius 1 is 1.18 bits per heavy atom. The molecule has 0 aliphatic carbocycles. The van der Waals surface area contributed by atoms with Gasteiger partial charge in [0, 0.05) is 22.5 Å². The molecule has 0 bridgehead atoms. The van der Waals surface area contributed by atoms with Crippen molar-refractivity contribution >= 4 is 38.4 Å². The highest BCUT2D eigenvalue weighted by Gasteiger charge is 2.18. The van der Waals surface area contributed by atoms with Crippen molar-refractivity contribution in [2.24, 2.45) is 0 Å². The van der Waals surface area contributed by atoms with Gasteiger partial charge in [0.15, 0.2) is 0 Å². The van der Waals surface area contributed by atoms with Gasteiger partial charge in [-0.1, -0.05) is 29.8 Å². The van der Waals surface area contributed by atoms with Crippen molar-refractivity contribution in [3.63, 3.8) is 0 Å². The van der Waals surface area contributed by atoms with Crippen LogP contribution in [0.3, 0.4) is 0 Å². The summed E-state index contributed by atoms with van der Waals surface area (Å²) in [6, 6.07) is 14.7. The maximum atomic E-state index is 12.4. The van der Waals surface area contributed by atoms with Gasteiger partial charge in [-0.3, -0.25) is 4.79 Å². The van der Waals surface area contributed by atoms with E-state index in [-0.39, 0.29) is 0 Å². The minimum atomic E-state index is -3.64. The normalized spacial score (nSPS) is 11.5. The number of nitrogens with one attached hydrogen (secondary N) is 1. The number of hydrogen-bond acceptors (Lipinski definition) is 4. The zero-order valence-electron chi connectivity index (χ0n) is 15.6. The number of ether oxygens (including phenoxy) is 1. The van der Waals surface area contributed by atoms with Crippen molar-refractivity contribution in [1.82, 2.24) is 9.29 Å². The van der Waals surface area contributed by atoms with Gasteiger partial charge in [0.05, 0.1) is 12.9 Å². The summed E-state index contributed by atoms with van der Waals surface area (Å²) >= 11 is 6.02. The largest absolute Gasteiger partial charge is 0.494 e. The lowest BCUT2D eigenvalue weighted by atomic mass is 10.2. The second kappa shape index (κ2) is 8.24. The molecule has 3 aromatic rings. The van der Waals surface area contributed by atoms with Crippen LogP contribution in [0, 0.1) is 6.92 Å². The van der Waals surface area contributed by atoms with E-state index in [9.17, 15) is 13.2 Å². The molecule has 0 radical (unpaired) electrons. The summed E-state index contributed by atoms with van der Waals surface area (Å²) in [4.78, 5) is 12.4. The molecule has 0 saturated heterocycles. The smallest absolute Gasteiger partial charge is 0.281 e. The number of nitrogens with zero attached hydrogens (tertiary/aromatic N) is 1. The minimum Gasteiger partial charge on any atom is -0.494 e. The van der Waals surface area contributed by atoms with Gasteiger partial charge < -0.3 is 9.30 Å². The minimum absolute atomic E-state index is 0.300. The Hall–Kier alpha value is -2.51. The number of benzene rings is 2. The fraction of sp³-hybridized carbons (Fsp3) is 0.250. The lowest BCUT2D eigenvalue weighted by Crippen LogP contribution is -2.31. The third-order valence-electron chi connectivity index (χ3n) is 4.25. The molecule has 0 unspecified atom stereocenters. The molecule has 2 aromatic carbocycles. The number of para-hydroxylation sites is 1. The molecule has 1 heterocycles. The zero-order chi connectivity index (χ0) is 20.3. The molecule has 148 valence electrons. The molecular formula is C20H21ClN2O4S. The molecule has 8 heteroatoms. The molecule has 3 rings (SSSR count).